The first-order valence-electron chi connectivity index (χ1n) is 5.33. The lowest BCUT2D eigenvalue weighted by Gasteiger charge is -2.01. The van der Waals surface area contributed by atoms with Gasteiger partial charge in [0, 0.05) is 6.07 Å². The zero-order chi connectivity index (χ0) is 12.5. The Morgan fingerprint density at radius 2 is 2.00 bits per heavy atom. The molecular weight excluding hydrogens is 234 g/mol. The molecular formula is C12H9N3O3. The van der Waals surface area contributed by atoms with Crippen LogP contribution in [0, 0.1) is 6.92 Å². The van der Waals surface area contributed by atoms with Gasteiger partial charge < -0.3 is 9.26 Å². The molecule has 18 heavy (non-hydrogen) atoms. The molecule has 2 heterocycles. The Balaban J connectivity index is 2.05. The highest BCUT2D eigenvalue weighted by Crippen LogP contribution is 2.16. The maximum absolute atomic E-state index is 11.6. The Bertz CT molecular complexity index is 746. The van der Waals surface area contributed by atoms with Gasteiger partial charge in [-0.3, -0.25) is 0 Å². The lowest BCUT2D eigenvalue weighted by Crippen LogP contribution is -2.17. The summed E-state index contributed by atoms with van der Waals surface area (Å²) in [5.74, 6) is 1.15. The van der Waals surface area contributed by atoms with Gasteiger partial charge in [-0.05, 0) is 19.1 Å². The van der Waals surface area contributed by atoms with E-state index in [2.05, 4.69) is 9.97 Å². The minimum atomic E-state index is -0.556. The first-order chi connectivity index (χ1) is 8.72. The molecule has 0 aliphatic carbocycles. The Labute approximate surface area is 101 Å². The predicted octanol–water partition coefficient (Wildman–Crippen LogP) is 1.78. The van der Waals surface area contributed by atoms with Crippen LogP contribution in [0.2, 0.25) is 0 Å². The summed E-state index contributed by atoms with van der Waals surface area (Å²) in [6.07, 6.45) is 0. The first kappa shape index (κ1) is 10.5. The third kappa shape index (κ3) is 1.84. The number of benzene rings is 1. The van der Waals surface area contributed by atoms with Crippen LogP contribution in [0.5, 0.6) is 11.8 Å². The second-order valence-corrected chi connectivity index (χ2v) is 3.70. The molecule has 6 nitrogen and oxygen atoms in total. The maximum Gasteiger partial charge on any atom is 0.387 e. The van der Waals surface area contributed by atoms with Crippen LogP contribution in [0.1, 0.15) is 5.76 Å². The van der Waals surface area contributed by atoms with Crippen LogP contribution >= 0.6 is 0 Å². The van der Waals surface area contributed by atoms with Crippen LogP contribution in [0.15, 0.2) is 45.7 Å². The molecule has 0 radical (unpaired) electrons. The molecule has 0 saturated heterocycles. The van der Waals surface area contributed by atoms with Crippen molar-refractivity contribution in [3.63, 3.8) is 0 Å². The highest BCUT2D eigenvalue weighted by molar-refractivity contribution is 5.37. The van der Waals surface area contributed by atoms with Gasteiger partial charge >= 0.3 is 11.7 Å². The molecule has 0 bridgehead atoms. The van der Waals surface area contributed by atoms with Crippen LogP contribution in [-0.4, -0.2) is 14.5 Å². The summed E-state index contributed by atoms with van der Waals surface area (Å²) in [5, 5.41) is 0. The molecule has 3 rings (SSSR count). The fraction of sp³-hybridized carbons (Fsp3) is 0.0833. The van der Waals surface area contributed by atoms with E-state index in [0.29, 0.717) is 17.2 Å². The number of ether oxygens (including phenoxy) is 1. The van der Waals surface area contributed by atoms with Crippen molar-refractivity contribution >= 4 is 5.65 Å². The zero-order valence-electron chi connectivity index (χ0n) is 9.53. The van der Waals surface area contributed by atoms with Crippen molar-refractivity contribution in [2.45, 2.75) is 6.92 Å². The molecule has 0 N–H and O–H groups in total. The van der Waals surface area contributed by atoms with Crippen LogP contribution in [0.3, 0.4) is 0 Å². The molecule has 0 atom stereocenters. The molecule has 0 aliphatic heterocycles. The van der Waals surface area contributed by atoms with Gasteiger partial charge in [-0.2, -0.15) is 4.98 Å². The predicted molar refractivity (Wildman–Crippen MR) is 62.8 cm³/mol. The highest BCUT2D eigenvalue weighted by atomic mass is 16.5. The molecule has 2 aromatic heterocycles. The average molecular weight is 243 g/mol. The fourth-order valence-electron chi connectivity index (χ4n) is 1.56. The third-order valence-electron chi connectivity index (χ3n) is 2.30. The first-order valence-corrected chi connectivity index (χ1v) is 5.33. The molecule has 3 aromatic rings. The summed E-state index contributed by atoms with van der Waals surface area (Å²) in [4.78, 5) is 19.4. The second-order valence-electron chi connectivity index (χ2n) is 3.70. The summed E-state index contributed by atoms with van der Waals surface area (Å²) < 4.78 is 11.5. The van der Waals surface area contributed by atoms with Crippen molar-refractivity contribution in [3.05, 3.63) is 52.6 Å². The average Bonchev–Trinajstić information content (AvgIpc) is 2.72. The Hall–Kier alpha value is -2.63. The third-order valence-corrected chi connectivity index (χ3v) is 2.30. The van der Waals surface area contributed by atoms with Crippen molar-refractivity contribution in [2.24, 2.45) is 0 Å². The van der Waals surface area contributed by atoms with E-state index in [1.807, 2.05) is 18.2 Å². The lowest BCUT2D eigenvalue weighted by atomic mass is 10.3. The van der Waals surface area contributed by atoms with Gasteiger partial charge in [-0.25, -0.2) is 4.79 Å². The van der Waals surface area contributed by atoms with Crippen molar-refractivity contribution in [3.8, 4) is 11.8 Å². The molecule has 0 fully saturated rings. The summed E-state index contributed by atoms with van der Waals surface area (Å²) in [7, 11) is 0. The summed E-state index contributed by atoms with van der Waals surface area (Å²) in [6.45, 7) is 1.73. The van der Waals surface area contributed by atoms with E-state index >= 15 is 0 Å². The fourth-order valence-corrected chi connectivity index (χ4v) is 1.56. The summed E-state index contributed by atoms with van der Waals surface area (Å²) in [5.41, 5.74) is -0.183. The van der Waals surface area contributed by atoms with Crippen LogP contribution in [0.25, 0.3) is 5.65 Å². The largest absolute Gasteiger partial charge is 0.424 e. The van der Waals surface area contributed by atoms with E-state index in [0.717, 1.165) is 4.57 Å². The van der Waals surface area contributed by atoms with E-state index in [4.69, 9.17) is 9.26 Å². The standard InChI is InChI=1S/C12H9N3O3/c1-8-7-10-13-11(14-12(16)15(10)18-8)17-9-5-3-2-4-6-9/h2-7H,1H3. The monoisotopic (exact) mass is 243 g/mol. The minimum Gasteiger partial charge on any atom is -0.424 e. The molecule has 0 spiro atoms. The van der Waals surface area contributed by atoms with Gasteiger partial charge in [0.25, 0.3) is 0 Å². The number of nitrogens with zero attached hydrogens (tertiary/aromatic N) is 3. The zero-order valence-corrected chi connectivity index (χ0v) is 9.53. The Kier molecular flexibility index (Phi) is 2.33. The molecule has 6 heteroatoms. The number of aryl methyl sites for hydroxylation is 1. The van der Waals surface area contributed by atoms with E-state index < -0.39 is 5.69 Å². The number of para-hydroxylation sites is 1. The van der Waals surface area contributed by atoms with Crippen LogP contribution in [0.4, 0.5) is 0 Å². The Morgan fingerprint density at radius 3 is 2.78 bits per heavy atom. The van der Waals surface area contributed by atoms with Crippen molar-refractivity contribution < 1.29 is 9.26 Å². The molecule has 0 aliphatic rings. The summed E-state index contributed by atoms with van der Waals surface area (Å²) >= 11 is 0. The topological polar surface area (TPSA) is 69.6 Å². The maximum atomic E-state index is 11.6. The molecule has 90 valence electrons. The van der Waals surface area contributed by atoms with Crippen molar-refractivity contribution in [1.82, 2.24) is 14.5 Å². The number of fused-ring (bicyclic) bond motifs is 1. The number of hydrogen-bond acceptors (Lipinski definition) is 5. The number of rotatable bonds is 2. The molecule has 1 aromatic carbocycles. The van der Waals surface area contributed by atoms with Gasteiger partial charge in [0.2, 0.25) is 0 Å². The van der Waals surface area contributed by atoms with Crippen molar-refractivity contribution in [1.29, 1.82) is 0 Å². The Morgan fingerprint density at radius 1 is 1.22 bits per heavy atom. The van der Waals surface area contributed by atoms with Crippen LogP contribution in [-0.2, 0) is 0 Å². The van der Waals surface area contributed by atoms with E-state index in [-0.39, 0.29) is 6.01 Å². The summed E-state index contributed by atoms with van der Waals surface area (Å²) in [6, 6.07) is 10.7. The minimum absolute atomic E-state index is 0.00648. The molecule has 0 unspecified atom stereocenters. The smallest absolute Gasteiger partial charge is 0.387 e. The van der Waals surface area contributed by atoms with Gasteiger partial charge in [0.1, 0.15) is 11.5 Å². The van der Waals surface area contributed by atoms with E-state index in [9.17, 15) is 4.79 Å². The van der Waals surface area contributed by atoms with Gasteiger partial charge in [-0.15, -0.1) is 9.56 Å². The normalized spacial score (nSPS) is 10.7. The number of hydrogen-bond donors (Lipinski definition) is 0. The molecule has 0 saturated carbocycles. The number of aromatic nitrogens is 3. The SMILES string of the molecule is Cc1cc2nc(Oc3ccccc3)nc(=O)n2o1. The highest BCUT2D eigenvalue weighted by Gasteiger charge is 2.09. The van der Waals surface area contributed by atoms with E-state index in [1.165, 1.54) is 0 Å². The second kappa shape index (κ2) is 3.99. The van der Waals surface area contributed by atoms with Gasteiger partial charge in [-0.1, -0.05) is 18.2 Å². The van der Waals surface area contributed by atoms with Crippen molar-refractivity contribution in [2.75, 3.05) is 0 Å². The van der Waals surface area contributed by atoms with Gasteiger partial charge in [0.15, 0.2) is 5.65 Å². The van der Waals surface area contributed by atoms with Gasteiger partial charge in [0.05, 0.1) is 0 Å². The molecule has 0 amide bonds. The lowest BCUT2D eigenvalue weighted by molar-refractivity contribution is 0.332. The quantitative estimate of drug-likeness (QED) is 0.686. The van der Waals surface area contributed by atoms with Crippen LogP contribution < -0.4 is 10.4 Å². The van der Waals surface area contributed by atoms with E-state index in [1.54, 1.807) is 25.1 Å².